The van der Waals surface area contributed by atoms with Crippen molar-refractivity contribution in [3.8, 4) is 0 Å². The SMILES string of the molecule is COC(=O)Nc1ccc(NCCc2ccc(Cl)cc2Cl)nn1. The smallest absolute Gasteiger partial charge is 0.412 e. The zero-order valence-corrected chi connectivity index (χ0v) is 13.3. The van der Waals surface area contributed by atoms with Gasteiger partial charge in [0.05, 0.1) is 7.11 Å². The molecule has 2 aromatic rings. The molecule has 0 aliphatic carbocycles. The monoisotopic (exact) mass is 340 g/mol. The number of nitrogens with zero attached hydrogens (tertiary/aromatic N) is 2. The first-order valence-electron chi connectivity index (χ1n) is 6.45. The van der Waals surface area contributed by atoms with Gasteiger partial charge in [-0.15, -0.1) is 10.2 Å². The third-order valence-electron chi connectivity index (χ3n) is 2.80. The van der Waals surface area contributed by atoms with Gasteiger partial charge in [0.15, 0.2) is 5.82 Å². The van der Waals surface area contributed by atoms with Crippen molar-refractivity contribution in [1.82, 2.24) is 10.2 Å². The van der Waals surface area contributed by atoms with Crippen LogP contribution in [0.1, 0.15) is 5.56 Å². The molecule has 2 N–H and O–H groups in total. The van der Waals surface area contributed by atoms with E-state index in [4.69, 9.17) is 23.2 Å². The van der Waals surface area contributed by atoms with Crippen LogP contribution < -0.4 is 10.6 Å². The highest BCUT2D eigenvalue weighted by atomic mass is 35.5. The van der Waals surface area contributed by atoms with E-state index in [1.54, 1.807) is 24.3 Å². The Hall–Kier alpha value is -2.05. The molecule has 2 rings (SSSR count). The lowest BCUT2D eigenvalue weighted by Gasteiger charge is -2.07. The van der Waals surface area contributed by atoms with E-state index in [-0.39, 0.29) is 0 Å². The Bertz CT molecular complexity index is 650. The average molecular weight is 341 g/mol. The van der Waals surface area contributed by atoms with Crippen LogP contribution in [0.15, 0.2) is 30.3 Å². The van der Waals surface area contributed by atoms with Crippen molar-refractivity contribution in [1.29, 1.82) is 0 Å². The van der Waals surface area contributed by atoms with Crippen LogP contribution in [0.2, 0.25) is 10.0 Å². The second-order valence-corrected chi connectivity index (χ2v) is 5.18. The van der Waals surface area contributed by atoms with E-state index in [9.17, 15) is 4.79 Å². The first-order valence-corrected chi connectivity index (χ1v) is 7.20. The van der Waals surface area contributed by atoms with Crippen molar-refractivity contribution in [3.63, 3.8) is 0 Å². The standard InChI is InChI=1S/C14H14Cl2N4O2/c1-22-14(21)18-13-5-4-12(19-20-13)17-7-6-9-2-3-10(15)8-11(9)16/h2-5,8H,6-7H2,1H3,(H,17,19)(H,18,20,21). The third-order valence-corrected chi connectivity index (χ3v) is 3.38. The van der Waals surface area contributed by atoms with Crippen molar-refractivity contribution in [2.24, 2.45) is 0 Å². The topological polar surface area (TPSA) is 76.1 Å². The molecule has 0 fully saturated rings. The summed E-state index contributed by atoms with van der Waals surface area (Å²) in [6.45, 7) is 0.639. The van der Waals surface area contributed by atoms with Crippen LogP contribution in [0.3, 0.4) is 0 Å². The Morgan fingerprint density at radius 2 is 1.91 bits per heavy atom. The van der Waals surface area contributed by atoms with Gasteiger partial charge in [-0.25, -0.2) is 4.79 Å². The van der Waals surface area contributed by atoms with Gasteiger partial charge in [0, 0.05) is 16.6 Å². The van der Waals surface area contributed by atoms with Crippen LogP contribution in [0, 0.1) is 0 Å². The molecule has 1 aromatic heterocycles. The summed E-state index contributed by atoms with van der Waals surface area (Å²) >= 11 is 12.0. The Morgan fingerprint density at radius 1 is 1.18 bits per heavy atom. The van der Waals surface area contributed by atoms with Crippen LogP contribution in [-0.4, -0.2) is 29.9 Å². The molecule has 8 heteroatoms. The van der Waals surface area contributed by atoms with Gasteiger partial charge in [0.25, 0.3) is 0 Å². The van der Waals surface area contributed by atoms with Gasteiger partial charge in [0.2, 0.25) is 0 Å². The predicted octanol–water partition coefficient (Wildman–Crippen LogP) is 3.62. The molecular weight excluding hydrogens is 327 g/mol. The molecular formula is C14H14Cl2N4O2. The molecule has 1 aromatic carbocycles. The van der Waals surface area contributed by atoms with Crippen molar-refractivity contribution in [2.45, 2.75) is 6.42 Å². The number of carbonyl (C=O) groups excluding carboxylic acids is 1. The zero-order chi connectivity index (χ0) is 15.9. The van der Waals surface area contributed by atoms with Gasteiger partial charge in [0.1, 0.15) is 5.82 Å². The highest BCUT2D eigenvalue weighted by Crippen LogP contribution is 2.21. The number of rotatable bonds is 5. The molecule has 0 radical (unpaired) electrons. The first-order chi connectivity index (χ1) is 10.6. The van der Waals surface area contributed by atoms with Gasteiger partial charge >= 0.3 is 6.09 Å². The number of hydrogen-bond donors (Lipinski definition) is 2. The lowest BCUT2D eigenvalue weighted by Crippen LogP contribution is -2.13. The molecule has 22 heavy (non-hydrogen) atoms. The summed E-state index contributed by atoms with van der Waals surface area (Å²) in [4.78, 5) is 11.0. The van der Waals surface area contributed by atoms with Gasteiger partial charge in [-0.2, -0.15) is 0 Å². The van der Waals surface area contributed by atoms with Gasteiger partial charge in [-0.1, -0.05) is 29.3 Å². The van der Waals surface area contributed by atoms with Gasteiger partial charge in [-0.05, 0) is 36.2 Å². The maximum atomic E-state index is 11.0. The summed E-state index contributed by atoms with van der Waals surface area (Å²) in [5, 5.41) is 14.6. The molecule has 0 atom stereocenters. The Labute approximate surface area is 137 Å². The zero-order valence-electron chi connectivity index (χ0n) is 11.8. The summed E-state index contributed by atoms with van der Waals surface area (Å²) in [5.41, 5.74) is 0.996. The third kappa shape index (κ3) is 4.75. The quantitative estimate of drug-likeness (QED) is 0.869. The van der Waals surface area contributed by atoms with Crippen LogP contribution in [0.5, 0.6) is 0 Å². The highest BCUT2D eigenvalue weighted by Gasteiger charge is 2.04. The molecule has 116 valence electrons. The van der Waals surface area contributed by atoms with Crippen molar-refractivity contribution < 1.29 is 9.53 Å². The molecule has 1 heterocycles. The Morgan fingerprint density at radius 3 is 2.55 bits per heavy atom. The number of benzene rings is 1. The fraction of sp³-hybridized carbons (Fsp3) is 0.214. The lowest BCUT2D eigenvalue weighted by molar-refractivity contribution is 0.187. The van der Waals surface area contributed by atoms with Crippen LogP contribution >= 0.6 is 23.2 Å². The van der Waals surface area contributed by atoms with E-state index < -0.39 is 6.09 Å². The molecule has 1 amide bonds. The van der Waals surface area contributed by atoms with E-state index in [1.807, 2.05) is 6.07 Å². The average Bonchev–Trinajstić information content (AvgIpc) is 2.51. The molecule has 0 saturated carbocycles. The number of amides is 1. The largest absolute Gasteiger partial charge is 0.453 e. The normalized spacial score (nSPS) is 10.1. The molecule has 0 unspecified atom stereocenters. The number of aromatic nitrogens is 2. The number of carbonyl (C=O) groups is 1. The van der Waals surface area contributed by atoms with E-state index in [2.05, 4.69) is 25.6 Å². The predicted molar refractivity (Wildman–Crippen MR) is 86.7 cm³/mol. The van der Waals surface area contributed by atoms with Crippen LogP contribution in [0.4, 0.5) is 16.4 Å². The molecule has 0 saturated heterocycles. The van der Waals surface area contributed by atoms with E-state index in [0.717, 1.165) is 12.0 Å². The Kier molecular flexibility index (Phi) is 5.80. The minimum Gasteiger partial charge on any atom is -0.453 e. The minimum atomic E-state index is -0.590. The number of ether oxygens (including phenoxy) is 1. The van der Waals surface area contributed by atoms with E-state index in [0.29, 0.717) is 28.2 Å². The number of methoxy groups -OCH3 is 1. The van der Waals surface area contributed by atoms with Crippen molar-refractivity contribution in [3.05, 3.63) is 45.9 Å². The van der Waals surface area contributed by atoms with E-state index in [1.165, 1.54) is 7.11 Å². The summed E-state index contributed by atoms with van der Waals surface area (Å²) in [5.74, 6) is 0.915. The van der Waals surface area contributed by atoms with Gasteiger partial charge < -0.3 is 10.1 Å². The lowest BCUT2D eigenvalue weighted by atomic mass is 10.1. The molecule has 0 aliphatic rings. The highest BCUT2D eigenvalue weighted by molar-refractivity contribution is 6.35. The van der Waals surface area contributed by atoms with Gasteiger partial charge in [-0.3, -0.25) is 5.32 Å². The number of halogens is 2. The minimum absolute atomic E-state index is 0.318. The number of hydrogen-bond acceptors (Lipinski definition) is 5. The summed E-state index contributed by atoms with van der Waals surface area (Å²) in [7, 11) is 1.28. The molecule has 6 nitrogen and oxygen atoms in total. The fourth-order valence-electron chi connectivity index (χ4n) is 1.70. The summed E-state index contributed by atoms with van der Waals surface area (Å²) in [6, 6.07) is 8.74. The van der Waals surface area contributed by atoms with Crippen LogP contribution in [0.25, 0.3) is 0 Å². The summed E-state index contributed by atoms with van der Waals surface area (Å²) < 4.78 is 4.46. The fourth-order valence-corrected chi connectivity index (χ4v) is 2.20. The molecule has 0 spiro atoms. The van der Waals surface area contributed by atoms with E-state index >= 15 is 0 Å². The van der Waals surface area contributed by atoms with Crippen molar-refractivity contribution >= 4 is 40.9 Å². The number of anilines is 2. The molecule has 0 bridgehead atoms. The maximum Gasteiger partial charge on any atom is 0.412 e. The second-order valence-electron chi connectivity index (χ2n) is 4.33. The second kappa shape index (κ2) is 7.82. The first kappa shape index (κ1) is 16.3. The summed E-state index contributed by atoms with van der Waals surface area (Å²) in [6.07, 6.45) is 0.132. The van der Waals surface area contributed by atoms with Crippen LogP contribution in [-0.2, 0) is 11.2 Å². The molecule has 0 aliphatic heterocycles. The Balaban J connectivity index is 1.85. The number of nitrogens with one attached hydrogen (secondary N) is 2. The van der Waals surface area contributed by atoms with Crippen molar-refractivity contribution in [2.75, 3.05) is 24.3 Å². The maximum absolute atomic E-state index is 11.0.